The molecule has 1 aromatic rings. The van der Waals surface area contributed by atoms with Crippen molar-refractivity contribution in [2.75, 3.05) is 11.4 Å². The number of hydrogen-bond donors (Lipinski definition) is 0. The molecule has 78 valence electrons. The van der Waals surface area contributed by atoms with Gasteiger partial charge in [-0.15, -0.1) is 0 Å². The standard InChI is InChI=1S/C13H16N2/c1-10(2)15-7-3-4-12-6-5-11(9-14)8-13(12)15/h5-6,8,10H,3-4,7H2,1-2H3. The van der Waals surface area contributed by atoms with Crippen molar-refractivity contribution in [3.8, 4) is 6.07 Å². The van der Waals surface area contributed by atoms with Crippen LogP contribution in [0.4, 0.5) is 5.69 Å². The van der Waals surface area contributed by atoms with E-state index >= 15 is 0 Å². The lowest BCUT2D eigenvalue weighted by molar-refractivity contribution is 0.625. The fourth-order valence-electron chi connectivity index (χ4n) is 2.21. The highest BCUT2D eigenvalue weighted by Gasteiger charge is 2.18. The molecule has 0 amide bonds. The number of aryl methyl sites for hydroxylation is 1. The van der Waals surface area contributed by atoms with Gasteiger partial charge in [0.1, 0.15) is 0 Å². The maximum atomic E-state index is 8.90. The molecule has 1 aliphatic rings. The molecule has 0 aliphatic carbocycles. The molecular weight excluding hydrogens is 184 g/mol. The largest absolute Gasteiger partial charge is 0.369 e. The third-order valence-corrected chi connectivity index (χ3v) is 2.99. The number of benzene rings is 1. The normalized spacial score (nSPS) is 14.9. The number of fused-ring (bicyclic) bond motifs is 1. The van der Waals surface area contributed by atoms with Crippen LogP contribution in [-0.2, 0) is 6.42 Å². The third-order valence-electron chi connectivity index (χ3n) is 2.99. The second-order valence-corrected chi connectivity index (χ2v) is 4.35. The van der Waals surface area contributed by atoms with Gasteiger partial charge in [0.05, 0.1) is 11.6 Å². The van der Waals surface area contributed by atoms with E-state index in [1.165, 1.54) is 17.7 Å². The quantitative estimate of drug-likeness (QED) is 0.697. The van der Waals surface area contributed by atoms with E-state index < -0.39 is 0 Å². The van der Waals surface area contributed by atoms with Crippen LogP contribution in [0.3, 0.4) is 0 Å². The predicted molar refractivity (Wildman–Crippen MR) is 62.0 cm³/mol. The van der Waals surface area contributed by atoms with E-state index in [2.05, 4.69) is 30.9 Å². The van der Waals surface area contributed by atoms with Crippen molar-refractivity contribution < 1.29 is 0 Å². The summed E-state index contributed by atoms with van der Waals surface area (Å²) in [4.78, 5) is 2.39. The molecule has 0 unspecified atom stereocenters. The van der Waals surface area contributed by atoms with Gasteiger partial charge in [-0.25, -0.2) is 0 Å². The average molecular weight is 200 g/mol. The fraction of sp³-hybridized carbons (Fsp3) is 0.462. The second kappa shape index (κ2) is 3.94. The number of nitriles is 1. The van der Waals surface area contributed by atoms with Gasteiger partial charge in [0.2, 0.25) is 0 Å². The SMILES string of the molecule is CC(C)N1CCCc2ccc(C#N)cc21. The maximum absolute atomic E-state index is 8.90. The molecule has 15 heavy (non-hydrogen) atoms. The van der Waals surface area contributed by atoms with E-state index in [0.29, 0.717) is 6.04 Å². The van der Waals surface area contributed by atoms with E-state index in [0.717, 1.165) is 18.5 Å². The molecule has 0 radical (unpaired) electrons. The zero-order valence-electron chi connectivity index (χ0n) is 9.33. The molecule has 2 heteroatoms. The van der Waals surface area contributed by atoms with Crippen LogP contribution in [-0.4, -0.2) is 12.6 Å². The van der Waals surface area contributed by atoms with E-state index in [1.54, 1.807) is 0 Å². The summed E-state index contributed by atoms with van der Waals surface area (Å²) in [5.74, 6) is 0. The summed E-state index contributed by atoms with van der Waals surface area (Å²) in [5, 5.41) is 8.90. The lowest BCUT2D eigenvalue weighted by atomic mass is 9.99. The summed E-state index contributed by atoms with van der Waals surface area (Å²) < 4.78 is 0. The molecule has 2 nitrogen and oxygen atoms in total. The van der Waals surface area contributed by atoms with E-state index in [9.17, 15) is 0 Å². The fourth-order valence-corrected chi connectivity index (χ4v) is 2.21. The Labute approximate surface area is 91.1 Å². The molecule has 2 rings (SSSR count). The highest BCUT2D eigenvalue weighted by atomic mass is 15.2. The molecule has 0 spiro atoms. The first-order valence-corrected chi connectivity index (χ1v) is 5.52. The minimum Gasteiger partial charge on any atom is -0.369 e. The van der Waals surface area contributed by atoms with Crippen LogP contribution in [0.5, 0.6) is 0 Å². The Morgan fingerprint density at radius 3 is 2.87 bits per heavy atom. The van der Waals surface area contributed by atoms with E-state index in [4.69, 9.17) is 5.26 Å². The molecule has 0 N–H and O–H groups in total. The first-order valence-electron chi connectivity index (χ1n) is 5.52. The van der Waals surface area contributed by atoms with Gasteiger partial charge in [0.25, 0.3) is 0 Å². The van der Waals surface area contributed by atoms with Crippen LogP contribution >= 0.6 is 0 Å². The number of hydrogen-bond acceptors (Lipinski definition) is 2. The van der Waals surface area contributed by atoms with Crippen molar-refractivity contribution in [2.45, 2.75) is 32.7 Å². The minimum atomic E-state index is 0.512. The molecule has 1 aliphatic heterocycles. The summed E-state index contributed by atoms with van der Waals surface area (Å²) in [7, 11) is 0. The molecule has 0 atom stereocenters. The van der Waals surface area contributed by atoms with Crippen LogP contribution in [0.2, 0.25) is 0 Å². The van der Waals surface area contributed by atoms with Crippen molar-refractivity contribution in [1.82, 2.24) is 0 Å². The smallest absolute Gasteiger partial charge is 0.0992 e. The molecular formula is C13H16N2. The Bertz CT molecular complexity index is 401. The number of rotatable bonds is 1. The van der Waals surface area contributed by atoms with Crippen molar-refractivity contribution in [1.29, 1.82) is 5.26 Å². The Kier molecular flexibility index (Phi) is 2.64. The molecule has 0 saturated carbocycles. The zero-order valence-corrected chi connectivity index (χ0v) is 9.33. The highest BCUT2D eigenvalue weighted by Crippen LogP contribution is 2.29. The minimum absolute atomic E-state index is 0.512. The number of anilines is 1. The lowest BCUT2D eigenvalue weighted by Crippen LogP contribution is -2.35. The summed E-state index contributed by atoms with van der Waals surface area (Å²) >= 11 is 0. The van der Waals surface area contributed by atoms with Crippen LogP contribution in [0, 0.1) is 11.3 Å². The van der Waals surface area contributed by atoms with Crippen molar-refractivity contribution in [2.24, 2.45) is 0 Å². The van der Waals surface area contributed by atoms with Crippen molar-refractivity contribution in [3.63, 3.8) is 0 Å². The second-order valence-electron chi connectivity index (χ2n) is 4.35. The van der Waals surface area contributed by atoms with Crippen LogP contribution < -0.4 is 4.90 Å². The van der Waals surface area contributed by atoms with Gasteiger partial charge in [-0.3, -0.25) is 0 Å². The van der Waals surface area contributed by atoms with Crippen molar-refractivity contribution in [3.05, 3.63) is 29.3 Å². The average Bonchev–Trinajstić information content (AvgIpc) is 2.27. The predicted octanol–water partition coefficient (Wildman–Crippen LogP) is 2.72. The lowest BCUT2D eigenvalue weighted by Gasteiger charge is -2.34. The van der Waals surface area contributed by atoms with Gasteiger partial charge in [-0.05, 0) is 44.4 Å². The van der Waals surface area contributed by atoms with Crippen molar-refractivity contribution >= 4 is 5.69 Å². The molecule has 1 heterocycles. The topological polar surface area (TPSA) is 27.0 Å². The summed E-state index contributed by atoms with van der Waals surface area (Å²) in [5.41, 5.74) is 3.41. The third kappa shape index (κ3) is 1.83. The molecule has 1 aromatic carbocycles. The Morgan fingerprint density at radius 1 is 1.40 bits per heavy atom. The molecule has 0 aromatic heterocycles. The molecule has 0 fully saturated rings. The van der Waals surface area contributed by atoms with Gasteiger partial charge in [0, 0.05) is 18.3 Å². The van der Waals surface area contributed by atoms with Gasteiger partial charge < -0.3 is 4.90 Å². The Balaban J connectivity index is 2.45. The highest BCUT2D eigenvalue weighted by molar-refractivity contribution is 5.59. The van der Waals surface area contributed by atoms with Crippen LogP contribution in [0.1, 0.15) is 31.4 Å². The van der Waals surface area contributed by atoms with Gasteiger partial charge in [0.15, 0.2) is 0 Å². The van der Waals surface area contributed by atoms with Gasteiger partial charge in [-0.1, -0.05) is 6.07 Å². The van der Waals surface area contributed by atoms with Crippen LogP contribution in [0.15, 0.2) is 18.2 Å². The monoisotopic (exact) mass is 200 g/mol. The summed E-state index contributed by atoms with van der Waals surface area (Å²) in [6.45, 7) is 5.52. The van der Waals surface area contributed by atoms with Crippen LogP contribution in [0.25, 0.3) is 0 Å². The van der Waals surface area contributed by atoms with Gasteiger partial charge in [-0.2, -0.15) is 5.26 Å². The summed E-state index contributed by atoms with van der Waals surface area (Å²) in [6, 6.07) is 8.76. The van der Waals surface area contributed by atoms with Gasteiger partial charge >= 0.3 is 0 Å². The number of nitrogens with zero attached hydrogens (tertiary/aromatic N) is 2. The van der Waals surface area contributed by atoms with E-state index in [1.807, 2.05) is 12.1 Å². The Hall–Kier alpha value is -1.49. The summed E-state index contributed by atoms with van der Waals surface area (Å²) in [6.07, 6.45) is 2.36. The first kappa shape index (κ1) is 10.0. The molecule has 0 saturated heterocycles. The maximum Gasteiger partial charge on any atom is 0.0992 e. The zero-order chi connectivity index (χ0) is 10.8. The Morgan fingerprint density at radius 2 is 2.20 bits per heavy atom. The first-order chi connectivity index (χ1) is 7.22. The van der Waals surface area contributed by atoms with E-state index in [-0.39, 0.29) is 0 Å². The molecule has 0 bridgehead atoms.